The maximum atomic E-state index is 9.79. The number of ether oxygens (including phenoxy) is 1. The first-order chi connectivity index (χ1) is 10.7. The minimum absolute atomic E-state index is 0.272. The van der Waals surface area contributed by atoms with Crippen molar-refractivity contribution >= 4 is 0 Å². The molecule has 1 fully saturated rings. The van der Waals surface area contributed by atoms with Crippen LogP contribution in [0.25, 0.3) is 0 Å². The standard InChI is InChI=1S/C20H29NO/c1-3-5-6-7-17-12-14-20(16-21,15-13-17)18-8-10-19(11-9-18)22-4-2/h8-11,17H,3-7,12-15H2,1-2H3/t17-,20+. The van der Waals surface area contributed by atoms with Crippen molar-refractivity contribution in [2.45, 2.75) is 70.6 Å². The Bertz CT molecular complexity index is 477. The summed E-state index contributed by atoms with van der Waals surface area (Å²) in [5.74, 6) is 1.73. The van der Waals surface area contributed by atoms with Crippen molar-refractivity contribution in [2.24, 2.45) is 5.92 Å². The summed E-state index contributed by atoms with van der Waals surface area (Å²) < 4.78 is 5.50. The zero-order valence-corrected chi connectivity index (χ0v) is 14.1. The monoisotopic (exact) mass is 299 g/mol. The van der Waals surface area contributed by atoms with Crippen LogP contribution in [0.15, 0.2) is 24.3 Å². The highest BCUT2D eigenvalue weighted by Crippen LogP contribution is 2.42. The average Bonchev–Trinajstić information content (AvgIpc) is 2.57. The van der Waals surface area contributed by atoms with Crippen LogP contribution in [-0.4, -0.2) is 6.61 Å². The molecule has 1 aromatic rings. The van der Waals surface area contributed by atoms with Gasteiger partial charge in [-0.05, 0) is 56.2 Å². The summed E-state index contributed by atoms with van der Waals surface area (Å²) >= 11 is 0. The molecule has 1 aliphatic rings. The van der Waals surface area contributed by atoms with Gasteiger partial charge < -0.3 is 4.74 Å². The summed E-state index contributed by atoms with van der Waals surface area (Å²) in [6.45, 7) is 4.93. The van der Waals surface area contributed by atoms with E-state index < -0.39 is 0 Å². The molecular formula is C20H29NO. The summed E-state index contributed by atoms with van der Waals surface area (Å²) in [5.41, 5.74) is 0.900. The van der Waals surface area contributed by atoms with Gasteiger partial charge in [0.2, 0.25) is 0 Å². The highest BCUT2D eigenvalue weighted by atomic mass is 16.5. The fourth-order valence-electron chi connectivity index (χ4n) is 3.64. The van der Waals surface area contributed by atoms with Crippen LogP contribution in [0.4, 0.5) is 0 Å². The Morgan fingerprint density at radius 1 is 1.14 bits per heavy atom. The molecule has 0 aromatic heterocycles. The fourth-order valence-corrected chi connectivity index (χ4v) is 3.64. The Morgan fingerprint density at radius 3 is 2.36 bits per heavy atom. The maximum Gasteiger partial charge on any atom is 0.119 e. The predicted octanol–water partition coefficient (Wildman–Crippen LogP) is 5.62. The third-order valence-corrected chi connectivity index (χ3v) is 5.11. The Morgan fingerprint density at radius 2 is 1.82 bits per heavy atom. The van der Waals surface area contributed by atoms with Gasteiger partial charge in [0.05, 0.1) is 18.1 Å². The Balaban J connectivity index is 1.98. The lowest BCUT2D eigenvalue weighted by Crippen LogP contribution is -2.30. The van der Waals surface area contributed by atoms with Crippen LogP contribution >= 0.6 is 0 Å². The first kappa shape index (κ1) is 16.9. The lowest BCUT2D eigenvalue weighted by atomic mass is 9.67. The van der Waals surface area contributed by atoms with Gasteiger partial charge in [-0.15, -0.1) is 0 Å². The second kappa shape index (κ2) is 8.22. The Labute approximate surface area is 135 Å². The van der Waals surface area contributed by atoms with Crippen LogP contribution in [0, 0.1) is 17.2 Å². The van der Waals surface area contributed by atoms with Crippen LogP contribution in [0.1, 0.15) is 70.8 Å². The molecule has 0 heterocycles. The van der Waals surface area contributed by atoms with E-state index in [0.29, 0.717) is 6.61 Å². The zero-order valence-electron chi connectivity index (χ0n) is 14.1. The van der Waals surface area contributed by atoms with Gasteiger partial charge in [-0.3, -0.25) is 0 Å². The van der Waals surface area contributed by atoms with Gasteiger partial charge >= 0.3 is 0 Å². The van der Waals surface area contributed by atoms with Crippen LogP contribution in [0.3, 0.4) is 0 Å². The molecular weight excluding hydrogens is 270 g/mol. The average molecular weight is 299 g/mol. The molecule has 0 saturated heterocycles. The molecule has 1 aliphatic carbocycles. The van der Waals surface area contributed by atoms with Crippen molar-refractivity contribution in [3.05, 3.63) is 29.8 Å². The largest absolute Gasteiger partial charge is 0.494 e. The molecule has 0 N–H and O–H groups in total. The summed E-state index contributed by atoms with van der Waals surface area (Å²) in [6, 6.07) is 10.8. The Hall–Kier alpha value is -1.49. The first-order valence-corrected chi connectivity index (χ1v) is 8.88. The number of unbranched alkanes of at least 4 members (excludes halogenated alkanes) is 2. The van der Waals surface area contributed by atoms with E-state index in [0.717, 1.165) is 24.5 Å². The van der Waals surface area contributed by atoms with E-state index in [4.69, 9.17) is 4.74 Å². The minimum atomic E-state index is -0.272. The number of hydrogen-bond donors (Lipinski definition) is 0. The lowest BCUT2D eigenvalue weighted by Gasteiger charge is -2.35. The van der Waals surface area contributed by atoms with E-state index in [9.17, 15) is 5.26 Å². The number of nitriles is 1. The molecule has 120 valence electrons. The van der Waals surface area contributed by atoms with Crippen LogP contribution in [0.5, 0.6) is 5.75 Å². The highest BCUT2D eigenvalue weighted by Gasteiger charge is 2.36. The van der Waals surface area contributed by atoms with E-state index in [-0.39, 0.29) is 5.41 Å². The van der Waals surface area contributed by atoms with Gasteiger partial charge in [-0.1, -0.05) is 44.7 Å². The molecule has 1 aromatic carbocycles. The SMILES string of the molecule is CCCCC[C@H]1CC[C@@](C#N)(c2ccc(OCC)cc2)CC1. The zero-order chi connectivity index (χ0) is 15.8. The van der Waals surface area contributed by atoms with Gasteiger partial charge in [0.25, 0.3) is 0 Å². The number of rotatable bonds is 7. The lowest BCUT2D eigenvalue weighted by molar-refractivity contribution is 0.261. The smallest absolute Gasteiger partial charge is 0.119 e. The second-order valence-electron chi connectivity index (χ2n) is 6.59. The molecule has 0 spiro atoms. The molecule has 22 heavy (non-hydrogen) atoms. The third-order valence-electron chi connectivity index (χ3n) is 5.11. The van der Waals surface area contributed by atoms with E-state index in [1.807, 2.05) is 19.1 Å². The van der Waals surface area contributed by atoms with Crippen molar-refractivity contribution in [1.82, 2.24) is 0 Å². The summed E-state index contributed by atoms with van der Waals surface area (Å²) in [7, 11) is 0. The van der Waals surface area contributed by atoms with Gasteiger partial charge in [0.15, 0.2) is 0 Å². The van der Waals surface area contributed by atoms with Gasteiger partial charge in [-0.2, -0.15) is 5.26 Å². The molecule has 2 heteroatoms. The van der Waals surface area contributed by atoms with Crippen molar-refractivity contribution in [3.8, 4) is 11.8 Å². The molecule has 1 saturated carbocycles. The second-order valence-corrected chi connectivity index (χ2v) is 6.59. The maximum absolute atomic E-state index is 9.79. The fraction of sp³-hybridized carbons (Fsp3) is 0.650. The van der Waals surface area contributed by atoms with E-state index in [1.165, 1.54) is 44.1 Å². The molecule has 2 rings (SSSR count). The van der Waals surface area contributed by atoms with Crippen LogP contribution in [-0.2, 0) is 5.41 Å². The van der Waals surface area contributed by atoms with Crippen LogP contribution in [0.2, 0.25) is 0 Å². The molecule has 2 nitrogen and oxygen atoms in total. The summed E-state index contributed by atoms with van der Waals surface area (Å²) in [4.78, 5) is 0. The highest BCUT2D eigenvalue weighted by molar-refractivity contribution is 5.37. The van der Waals surface area contributed by atoms with Crippen LogP contribution < -0.4 is 4.74 Å². The predicted molar refractivity (Wildman–Crippen MR) is 91.0 cm³/mol. The minimum Gasteiger partial charge on any atom is -0.494 e. The summed E-state index contributed by atoms with van der Waals surface area (Å²) in [5, 5.41) is 9.79. The van der Waals surface area contributed by atoms with E-state index in [1.54, 1.807) is 0 Å². The van der Waals surface area contributed by atoms with E-state index >= 15 is 0 Å². The Kier molecular flexibility index (Phi) is 6.31. The van der Waals surface area contributed by atoms with Gasteiger partial charge in [0, 0.05) is 0 Å². The molecule has 0 aliphatic heterocycles. The number of benzene rings is 1. The molecule has 0 radical (unpaired) electrons. The molecule has 0 unspecified atom stereocenters. The van der Waals surface area contributed by atoms with Crippen molar-refractivity contribution < 1.29 is 4.74 Å². The molecule has 0 atom stereocenters. The quantitative estimate of drug-likeness (QED) is 0.612. The van der Waals surface area contributed by atoms with Gasteiger partial charge in [-0.25, -0.2) is 0 Å². The summed E-state index contributed by atoms with van der Waals surface area (Å²) in [6.07, 6.45) is 9.75. The van der Waals surface area contributed by atoms with E-state index in [2.05, 4.69) is 25.1 Å². The van der Waals surface area contributed by atoms with Crippen molar-refractivity contribution in [2.75, 3.05) is 6.61 Å². The van der Waals surface area contributed by atoms with Crippen molar-refractivity contribution in [3.63, 3.8) is 0 Å². The topological polar surface area (TPSA) is 33.0 Å². The molecule has 0 bridgehead atoms. The number of hydrogen-bond acceptors (Lipinski definition) is 2. The molecule has 0 amide bonds. The van der Waals surface area contributed by atoms with Gasteiger partial charge in [0.1, 0.15) is 5.75 Å². The van der Waals surface area contributed by atoms with Crippen molar-refractivity contribution in [1.29, 1.82) is 5.26 Å². The first-order valence-electron chi connectivity index (χ1n) is 8.88. The third kappa shape index (κ3) is 4.03. The number of nitrogens with zero attached hydrogens (tertiary/aromatic N) is 1. The normalized spacial score (nSPS) is 24.7.